The van der Waals surface area contributed by atoms with Crippen LogP contribution in [0, 0.1) is 0 Å². The molecule has 0 aliphatic rings. The van der Waals surface area contributed by atoms with Crippen LogP contribution < -0.4 is 10.3 Å². The Labute approximate surface area is 133 Å². The van der Waals surface area contributed by atoms with Crippen molar-refractivity contribution in [3.8, 4) is 0 Å². The Morgan fingerprint density at radius 3 is 2.70 bits per heavy atom. The molecule has 2 heterocycles. The first-order valence-corrected chi connectivity index (χ1v) is 8.78. The van der Waals surface area contributed by atoms with E-state index < -0.39 is 10.0 Å². The van der Waals surface area contributed by atoms with Crippen molar-refractivity contribution in [3.63, 3.8) is 0 Å². The first-order chi connectivity index (χ1) is 11.1. The standard InChI is InChI=1S/C16H16N2O4S/c19-16-15-6-2-1-4-13(15)7-8-18(16)9-11-23(20,21)17-12-14-5-3-10-22-14/h1-8,10,17H,9,11-12H2. The Morgan fingerprint density at radius 1 is 1.09 bits per heavy atom. The fourth-order valence-corrected chi connectivity index (χ4v) is 3.23. The zero-order chi connectivity index (χ0) is 16.3. The zero-order valence-corrected chi connectivity index (χ0v) is 13.1. The lowest BCUT2D eigenvalue weighted by molar-refractivity contribution is 0.498. The monoisotopic (exact) mass is 332 g/mol. The molecule has 0 radical (unpaired) electrons. The van der Waals surface area contributed by atoms with Crippen molar-refractivity contribution in [2.24, 2.45) is 0 Å². The number of benzene rings is 1. The third-order valence-electron chi connectivity index (χ3n) is 3.53. The second kappa shape index (κ2) is 6.39. The number of pyridine rings is 1. The first kappa shape index (κ1) is 15.5. The highest BCUT2D eigenvalue weighted by Gasteiger charge is 2.12. The first-order valence-electron chi connectivity index (χ1n) is 7.13. The smallest absolute Gasteiger partial charge is 0.258 e. The van der Waals surface area contributed by atoms with E-state index in [4.69, 9.17) is 4.42 Å². The number of aryl methyl sites for hydroxylation is 1. The summed E-state index contributed by atoms with van der Waals surface area (Å²) in [5, 5.41) is 1.42. The molecule has 23 heavy (non-hydrogen) atoms. The lowest BCUT2D eigenvalue weighted by Gasteiger charge is -2.08. The van der Waals surface area contributed by atoms with Gasteiger partial charge in [-0.1, -0.05) is 18.2 Å². The van der Waals surface area contributed by atoms with Crippen molar-refractivity contribution in [1.29, 1.82) is 0 Å². The highest BCUT2D eigenvalue weighted by Crippen LogP contribution is 2.08. The van der Waals surface area contributed by atoms with E-state index in [-0.39, 0.29) is 24.4 Å². The molecule has 0 aliphatic carbocycles. The number of hydrogen-bond donors (Lipinski definition) is 1. The molecule has 1 aromatic carbocycles. The summed E-state index contributed by atoms with van der Waals surface area (Å²) >= 11 is 0. The molecule has 0 aliphatic heterocycles. The van der Waals surface area contributed by atoms with E-state index in [2.05, 4.69) is 4.72 Å². The number of furan rings is 1. The predicted octanol–water partition coefficient (Wildman–Crippen LogP) is 1.71. The maximum atomic E-state index is 12.3. The number of nitrogens with zero attached hydrogens (tertiary/aromatic N) is 1. The van der Waals surface area contributed by atoms with Crippen molar-refractivity contribution in [2.45, 2.75) is 13.1 Å². The van der Waals surface area contributed by atoms with Gasteiger partial charge in [-0.05, 0) is 29.7 Å². The molecular formula is C16H16N2O4S. The van der Waals surface area contributed by atoms with Gasteiger partial charge in [-0.3, -0.25) is 4.79 Å². The van der Waals surface area contributed by atoms with Gasteiger partial charge in [0.2, 0.25) is 10.0 Å². The van der Waals surface area contributed by atoms with Gasteiger partial charge in [0.05, 0.1) is 18.6 Å². The van der Waals surface area contributed by atoms with Gasteiger partial charge in [0.15, 0.2) is 0 Å². The second-order valence-electron chi connectivity index (χ2n) is 5.12. The molecule has 6 nitrogen and oxygen atoms in total. The molecule has 0 saturated heterocycles. The van der Waals surface area contributed by atoms with E-state index in [1.165, 1.54) is 10.8 Å². The van der Waals surface area contributed by atoms with Crippen LogP contribution in [0.5, 0.6) is 0 Å². The number of hydrogen-bond acceptors (Lipinski definition) is 4. The van der Waals surface area contributed by atoms with Gasteiger partial charge in [0.25, 0.3) is 5.56 Å². The van der Waals surface area contributed by atoms with Gasteiger partial charge in [-0.2, -0.15) is 0 Å². The molecule has 3 rings (SSSR count). The number of nitrogens with one attached hydrogen (secondary N) is 1. The normalized spacial score (nSPS) is 11.8. The number of rotatable bonds is 6. The molecule has 0 amide bonds. The number of sulfonamides is 1. The Morgan fingerprint density at radius 2 is 1.91 bits per heavy atom. The summed E-state index contributed by atoms with van der Waals surface area (Å²) in [4.78, 5) is 12.3. The Bertz CT molecular complexity index is 959. The maximum absolute atomic E-state index is 12.3. The molecule has 0 fully saturated rings. The molecule has 120 valence electrons. The average molecular weight is 332 g/mol. The average Bonchev–Trinajstić information content (AvgIpc) is 3.06. The van der Waals surface area contributed by atoms with E-state index in [1.54, 1.807) is 36.5 Å². The van der Waals surface area contributed by atoms with Gasteiger partial charge in [0.1, 0.15) is 5.76 Å². The van der Waals surface area contributed by atoms with Gasteiger partial charge >= 0.3 is 0 Å². The van der Waals surface area contributed by atoms with E-state index >= 15 is 0 Å². The molecule has 0 bridgehead atoms. The van der Waals surface area contributed by atoms with E-state index in [1.807, 2.05) is 12.1 Å². The molecular weight excluding hydrogens is 316 g/mol. The topological polar surface area (TPSA) is 81.3 Å². The molecule has 0 saturated carbocycles. The van der Waals surface area contributed by atoms with Crippen LogP contribution in [-0.2, 0) is 23.1 Å². The minimum atomic E-state index is -3.50. The van der Waals surface area contributed by atoms with E-state index in [0.29, 0.717) is 11.1 Å². The number of fused-ring (bicyclic) bond motifs is 1. The molecule has 1 N–H and O–H groups in total. The minimum Gasteiger partial charge on any atom is -0.468 e. The van der Waals surface area contributed by atoms with Gasteiger partial charge in [0, 0.05) is 18.1 Å². The second-order valence-corrected chi connectivity index (χ2v) is 7.05. The third-order valence-corrected chi connectivity index (χ3v) is 4.84. The van der Waals surface area contributed by atoms with Crippen LogP contribution in [0.1, 0.15) is 5.76 Å². The Kier molecular flexibility index (Phi) is 4.31. The summed E-state index contributed by atoms with van der Waals surface area (Å²) in [6, 6.07) is 12.4. The molecule has 7 heteroatoms. The Balaban J connectivity index is 1.70. The predicted molar refractivity (Wildman–Crippen MR) is 87.5 cm³/mol. The lowest BCUT2D eigenvalue weighted by Crippen LogP contribution is -2.30. The van der Waals surface area contributed by atoms with Crippen LogP contribution in [0.3, 0.4) is 0 Å². The molecule has 2 aromatic heterocycles. The quantitative estimate of drug-likeness (QED) is 0.745. The SMILES string of the molecule is O=c1c2ccccc2ccn1CCS(=O)(=O)NCc1ccco1. The highest BCUT2D eigenvalue weighted by atomic mass is 32.2. The van der Waals surface area contributed by atoms with Crippen molar-refractivity contribution < 1.29 is 12.8 Å². The third kappa shape index (κ3) is 3.69. The number of aromatic nitrogens is 1. The largest absolute Gasteiger partial charge is 0.468 e. The summed E-state index contributed by atoms with van der Waals surface area (Å²) in [5.74, 6) is 0.364. The summed E-state index contributed by atoms with van der Waals surface area (Å²) in [7, 11) is -3.50. The molecule has 0 atom stereocenters. The summed E-state index contributed by atoms with van der Waals surface area (Å²) in [6.07, 6.45) is 3.10. The molecule has 0 spiro atoms. The summed E-state index contributed by atoms with van der Waals surface area (Å²) in [6.45, 7) is 0.194. The fourth-order valence-electron chi connectivity index (χ4n) is 2.29. The van der Waals surface area contributed by atoms with Crippen molar-refractivity contribution in [2.75, 3.05) is 5.75 Å². The lowest BCUT2D eigenvalue weighted by atomic mass is 10.2. The van der Waals surface area contributed by atoms with Crippen LogP contribution >= 0.6 is 0 Å². The summed E-state index contributed by atoms with van der Waals surface area (Å²) < 4.78 is 33.0. The zero-order valence-electron chi connectivity index (χ0n) is 12.3. The maximum Gasteiger partial charge on any atom is 0.258 e. The van der Waals surface area contributed by atoms with E-state index in [0.717, 1.165) is 5.39 Å². The van der Waals surface area contributed by atoms with Crippen LogP contribution in [-0.4, -0.2) is 18.7 Å². The fraction of sp³-hybridized carbons (Fsp3) is 0.188. The Hall–Kier alpha value is -2.38. The van der Waals surface area contributed by atoms with Gasteiger partial charge in [-0.15, -0.1) is 0 Å². The van der Waals surface area contributed by atoms with Crippen molar-refractivity contribution >= 4 is 20.8 Å². The van der Waals surface area contributed by atoms with Crippen LogP contribution in [0.4, 0.5) is 0 Å². The van der Waals surface area contributed by atoms with Crippen molar-refractivity contribution in [3.05, 3.63) is 71.0 Å². The van der Waals surface area contributed by atoms with Crippen LogP contribution in [0.15, 0.2) is 64.1 Å². The van der Waals surface area contributed by atoms with Crippen LogP contribution in [0.2, 0.25) is 0 Å². The van der Waals surface area contributed by atoms with Crippen LogP contribution in [0.25, 0.3) is 10.8 Å². The highest BCUT2D eigenvalue weighted by molar-refractivity contribution is 7.89. The van der Waals surface area contributed by atoms with Crippen molar-refractivity contribution in [1.82, 2.24) is 9.29 Å². The summed E-state index contributed by atoms with van der Waals surface area (Å²) in [5.41, 5.74) is -0.190. The van der Waals surface area contributed by atoms with Gasteiger partial charge < -0.3 is 8.98 Å². The molecule has 0 unspecified atom stereocenters. The molecule has 3 aromatic rings. The van der Waals surface area contributed by atoms with E-state index in [9.17, 15) is 13.2 Å². The van der Waals surface area contributed by atoms with Gasteiger partial charge in [-0.25, -0.2) is 13.1 Å². The minimum absolute atomic E-state index is 0.0944.